The van der Waals surface area contributed by atoms with Crippen molar-refractivity contribution in [1.29, 1.82) is 0 Å². The molecule has 162 valence electrons. The zero-order valence-corrected chi connectivity index (χ0v) is 17.8. The van der Waals surface area contributed by atoms with Crippen LogP contribution >= 0.6 is 11.3 Å². The standard InChI is InChI=1S/C23H23FN2O4S/c1-12-25-22-20(13-4-6-15(24)7-5-13)18(21(14-2-3-14)26-23(22)31-12)9-8-16(27)10-17(28)11-19(29)30/h4-9,14,16-17,27-28H,2-3,10-11H2,1H3,(H,29,30)/b9-8+/t16-,17-/m1/s1. The Morgan fingerprint density at radius 1 is 1.26 bits per heavy atom. The highest BCUT2D eigenvalue weighted by Crippen LogP contribution is 2.46. The van der Waals surface area contributed by atoms with Crippen molar-refractivity contribution < 1.29 is 24.5 Å². The van der Waals surface area contributed by atoms with Gasteiger partial charge >= 0.3 is 5.97 Å². The summed E-state index contributed by atoms with van der Waals surface area (Å²) < 4.78 is 13.6. The third kappa shape index (κ3) is 4.98. The summed E-state index contributed by atoms with van der Waals surface area (Å²) in [7, 11) is 0. The lowest BCUT2D eigenvalue weighted by Crippen LogP contribution is -2.19. The van der Waals surface area contributed by atoms with Crippen molar-refractivity contribution in [3.63, 3.8) is 0 Å². The normalized spacial score (nSPS) is 16.1. The Labute approximate surface area is 182 Å². The number of aliphatic carboxylic acids is 1. The molecule has 31 heavy (non-hydrogen) atoms. The number of hydrogen-bond acceptors (Lipinski definition) is 6. The number of aliphatic hydroxyl groups is 2. The van der Waals surface area contributed by atoms with Gasteiger partial charge in [0.05, 0.1) is 29.3 Å². The summed E-state index contributed by atoms with van der Waals surface area (Å²) in [5.74, 6) is -1.13. The molecule has 0 spiro atoms. The Hall–Kier alpha value is -2.68. The van der Waals surface area contributed by atoms with E-state index in [1.807, 2.05) is 6.92 Å². The number of aryl methyl sites for hydroxylation is 1. The van der Waals surface area contributed by atoms with Crippen molar-refractivity contribution in [2.75, 3.05) is 0 Å². The highest BCUT2D eigenvalue weighted by molar-refractivity contribution is 7.18. The molecule has 0 unspecified atom stereocenters. The molecule has 8 heteroatoms. The van der Waals surface area contributed by atoms with Crippen LogP contribution < -0.4 is 0 Å². The number of carbonyl (C=O) groups is 1. The van der Waals surface area contributed by atoms with Crippen molar-refractivity contribution in [1.82, 2.24) is 9.97 Å². The quantitative estimate of drug-likeness (QED) is 0.481. The molecule has 0 saturated heterocycles. The lowest BCUT2D eigenvalue weighted by molar-refractivity contribution is -0.139. The third-order valence-electron chi connectivity index (χ3n) is 5.23. The molecule has 2 aromatic heterocycles. The average Bonchev–Trinajstić information content (AvgIpc) is 3.46. The lowest BCUT2D eigenvalue weighted by atomic mass is 9.95. The minimum absolute atomic E-state index is 0.0844. The summed E-state index contributed by atoms with van der Waals surface area (Å²) in [5, 5.41) is 29.8. The summed E-state index contributed by atoms with van der Waals surface area (Å²) in [6, 6.07) is 6.23. The fraction of sp³-hybridized carbons (Fsp3) is 0.348. The predicted molar refractivity (Wildman–Crippen MR) is 117 cm³/mol. The van der Waals surface area contributed by atoms with Gasteiger partial charge in [-0.15, -0.1) is 0 Å². The number of benzene rings is 1. The zero-order chi connectivity index (χ0) is 22.1. The monoisotopic (exact) mass is 442 g/mol. The van der Waals surface area contributed by atoms with Crippen LogP contribution in [-0.4, -0.2) is 43.5 Å². The van der Waals surface area contributed by atoms with Gasteiger partial charge in [0.1, 0.15) is 16.2 Å². The Balaban J connectivity index is 1.79. The minimum Gasteiger partial charge on any atom is -0.481 e. The van der Waals surface area contributed by atoms with Crippen LogP contribution in [0.3, 0.4) is 0 Å². The molecule has 2 heterocycles. The maximum Gasteiger partial charge on any atom is 0.305 e. The van der Waals surface area contributed by atoms with Crippen LogP contribution in [0, 0.1) is 12.7 Å². The molecule has 1 saturated carbocycles. The van der Waals surface area contributed by atoms with Crippen LogP contribution in [0.1, 0.15) is 47.9 Å². The number of aromatic nitrogens is 2. The van der Waals surface area contributed by atoms with E-state index in [-0.39, 0.29) is 12.2 Å². The van der Waals surface area contributed by atoms with Crippen LogP contribution in [0.25, 0.3) is 27.6 Å². The maximum atomic E-state index is 13.6. The van der Waals surface area contributed by atoms with Gasteiger partial charge < -0.3 is 15.3 Å². The van der Waals surface area contributed by atoms with Crippen molar-refractivity contribution >= 4 is 33.7 Å². The Kier molecular flexibility index (Phi) is 6.13. The first kappa shape index (κ1) is 21.5. The van der Waals surface area contributed by atoms with Crippen molar-refractivity contribution in [3.05, 3.63) is 52.4 Å². The van der Waals surface area contributed by atoms with Gasteiger partial charge in [0.25, 0.3) is 0 Å². The number of thiazole rings is 1. The van der Waals surface area contributed by atoms with Gasteiger partial charge in [-0.1, -0.05) is 35.6 Å². The molecule has 3 aromatic rings. The summed E-state index contributed by atoms with van der Waals surface area (Å²) in [4.78, 5) is 21.1. The smallest absolute Gasteiger partial charge is 0.305 e. The summed E-state index contributed by atoms with van der Waals surface area (Å²) >= 11 is 1.51. The molecule has 0 aliphatic heterocycles. The topological polar surface area (TPSA) is 104 Å². The summed E-state index contributed by atoms with van der Waals surface area (Å²) in [6.45, 7) is 1.92. The number of pyridine rings is 1. The Morgan fingerprint density at radius 2 is 1.97 bits per heavy atom. The second kappa shape index (κ2) is 8.82. The van der Waals surface area contributed by atoms with Gasteiger partial charge in [0.2, 0.25) is 0 Å². The second-order valence-electron chi connectivity index (χ2n) is 7.87. The van der Waals surface area contributed by atoms with E-state index in [1.165, 1.54) is 23.5 Å². The molecule has 4 rings (SSSR count). The molecule has 0 radical (unpaired) electrons. The van der Waals surface area contributed by atoms with Gasteiger partial charge in [-0.3, -0.25) is 4.79 Å². The number of fused-ring (bicyclic) bond motifs is 1. The molecule has 3 N–H and O–H groups in total. The van der Waals surface area contributed by atoms with Crippen molar-refractivity contribution in [2.24, 2.45) is 0 Å². The molecular formula is C23H23FN2O4S. The van der Waals surface area contributed by atoms with Crippen LogP contribution in [0.2, 0.25) is 0 Å². The second-order valence-corrected chi connectivity index (χ2v) is 9.05. The highest BCUT2D eigenvalue weighted by atomic mass is 32.1. The summed E-state index contributed by atoms with van der Waals surface area (Å²) in [5.41, 5.74) is 4.12. The van der Waals surface area contributed by atoms with Crippen molar-refractivity contribution in [3.8, 4) is 11.1 Å². The number of hydrogen-bond donors (Lipinski definition) is 3. The van der Waals surface area contributed by atoms with E-state index in [1.54, 1.807) is 24.3 Å². The predicted octanol–water partition coefficient (Wildman–Crippen LogP) is 4.28. The van der Waals surface area contributed by atoms with Crippen LogP contribution in [0.5, 0.6) is 0 Å². The van der Waals surface area contributed by atoms with E-state index in [2.05, 4.69) is 4.98 Å². The molecular weight excluding hydrogens is 419 g/mol. The SMILES string of the molecule is Cc1nc2c(-c3ccc(F)cc3)c(/C=C/[C@@H](O)C[C@@H](O)CC(=O)O)c(C3CC3)nc2s1. The average molecular weight is 443 g/mol. The molecule has 0 bridgehead atoms. The van der Waals surface area contributed by atoms with Gasteiger partial charge in [0, 0.05) is 23.5 Å². The number of carboxylic acid groups (broad SMARTS) is 1. The highest BCUT2D eigenvalue weighted by Gasteiger charge is 2.30. The zero-order valence-electron chi connectivity index (χ0n) is 17.0. The first-order valence-electron chi connectivity index (χ1n) is 10.1. The number of rotatable bonds is 8. The molecule has 0 amide bonds. The van der Waals surface area contributed by atoms with Crippen LogP contribution in [0.15, 0.2) is 30.3 Å². The van der Waals surface area contributed by atoms with E-state index < -0.39 is 24.6 Å². The fourth-order valence-electron chi connectivity index (χ4n) is 3.68. The maximum absolute atomic E-state index is 13.6. The minimum atomic E-state index is -1.14. The first-order chi connectivity index (χ1) is 14.8. The van der Waals surface area contributed by atoms with E-state index in [9.17, 15) is 19.4 Å². The first-order valence-corrected chi connectivity index (χ1v) is 11.0. The molecule has 6 nitrogen and oxygen atoms in total. The number of aliphatic hydroxyl groups excluding tert-OH is 2. The third-order valence-corrected chi connectivity index (χ3v) is 6.09. The lowest BCUT2D eigenvalue weighted by Gasteiger charge is -2.14. The van der Waals surface area contributed by atoms with E-state index in [0.717, 1.165) is 50.6 Å². The van der Waals surface area contributed by atoms with Crippen molar-refractivity contribution in [2.45, 2.75) is 50.7 Å². The Bertz CT molecular complexity index is 1140. The number of halogens is 1. The van der Waals surface area contributed by atoms with Gasteiger partial charge in [-0.25, -0.2) is 14.4 Å². The molecule has 1 aromatic carbocycles. The van der Waals surface area contributed by atoms with Gasteiger partial charge in [0.15, 0.2) is 0 Å². The molecule has 1 fully saturated rings. The van der Waals surface area contributed by atoms with E-state index >= 15 is 0 Å². The summed E-state index contributed by atoms with van der Waals surface area (Å²) in [6.07, 6.45) is 2.70. The molecule has 1 aliphatic rings. The number of nitrogens with zero attached hydrogens (tertiary/aromatic N) is 2. The molecule has 2 atom stereocenters. The van der Waals surface area contributed by atoms with E-state index in [0.29, 0.717) is 5.92 Å². The Morgan fingerprint density at radius 3 is 2.61 bits per heavy atom. The van der Waals surface area contributed by atoms with Gasteiger partial charge in [-0.2, -0.15) is 0 Å². The van der Waals surface area contributed by atoms with E-state index in [4.69, 9.17) is 10.1 Å². The number of carboxylic acids is 1. The van der Waals surface area contributed by atoms with Crippen LogP contribution in [-0.2, 0) is 4.79 Å². The fourth-order valence-corrected chi connectivity index (χ4v) is 4.48. The largest absolute Gasteiger partial charge is 0.481 e. The van der Waals surface area contributed by atoms with Gasteiger partial charge in [-0.05, 0) is 37.5 Å². The van der Waals surface area contributed by atoms with Crippen LogP contribution in [0.4, 0.5) is 4.39 Å². The molecule has 1 aliphatic carbocycles.